The van der Waals surface area contributed by atoms with Gasteiger partial charge < -0.3 is 10.2 Å². The van der Waals surface area contributed by atoms with Crippen LogP contribution in [-0.2, 0) is 13.0 Å². The van der Waals surface area contributed by atoms with Crippen molar-refractivity contribution in [3.63, 3.8) is 0 Å². The van der Waals surface area contributed by atoms with Crippen LogP contribution in [0.25, 0.3) is 0 Å². The van der Waals surface area contributed by atoms with E-state index in [1.54, 1.807) is 0 Å². The first-order valence-corrected chi connectivity index (χ1v) is 9.22. The normalized spacial score (nSPS) is 13.5. The third-order valence-electron chi connectivity index (χ3n) is 4.37. The Morgan fingerprint density at radius 3 is 2.46 bits per heavy atom. The predicted octanol–water partition coefficient (Wildman–Crippen LogP) is 4.79. The molecule has 1 heterocycles. The first-order chi connectivity index (χ1) is 11.8. The van der Waals surface area contributed by atoms with Gasteiger partial charge >= 0.3 is 0 Å². The number of hydrogen-bond donors (Lipinski definition) is 1. The highest BCUT2D eigenvalue weighted by atomic mass is 32.1. The summed E-state index contributed by atoms with van der Waals surface area (Å²) in [5, 5.41) is 4.22. The minimum atomic E-state index is 0.571. The Bertz CT molecular complexity index is 650. The van der Waals surface area contributed by atoms with Crippen molar-refractivity contribution in [3.05, 3.63) is 59.9 Å². The predicted molar refractivity (Wildman–Crippen MR) is 104 cm³/mol. The fourth-order valence-corrected chi connectivity index (χ4v) is 3.10. The van der Waals surface area contributed by atoms with Gasteiger partial charge in [-0.25, -0.2) is 0 Å². The summed E-state index contributed by atoms with van der Waals surface area (Å²) in [4.78, 5) is 6.39. The van der Waals surface area contributed by atoms with Gasteiger partial charge in [-0.05, 0) is 73.3 Å². The Labute approximate surface area is 150 Å². The Kier molecular flexibility index (Phi) is 5.81. The molecule has 0 atom stereocenters. The smallest absolute Gasteiger partial charge is 0.173 e. The number of aryl methyl sites for hydroxylation is 1. The van der Waals surface area contributed by atoms with Gasteiger partial charge in [-0.3, -0.25) is 4.98 Å². The first kappa shape index (κ1) is 16.9. The third kappa shape index (κ3) is 4.78. The SMILES string of the molecule is CCCCc1ccc(NC(=S)N(Cc2ccncc2)C2CC2)cc1. The molecule has 1 N–H and O–H groups in total. The zero-order valence-electron chi connectivity index (χ0n) is 14.2. The molecule has 3 nitrogen and oxygen atoms in total. The molecular weight excluding hydrogens is 314 g/mol. The lowest BCUT2D eigenvalue weighted by Crippen LogP contribution is -2.36. The molecule has 1 aromatic carbocycles. The lowest BCUT2D eigenvalue weighted by atomic mass is 10.1. The summed E-state index contributed by atoms with van der Waals surface area (Å²) in [6, 6.07) is 13.3. The van der Waals surface area contributed by atoms with Crippen molar-refractivity contribution in [1.82, 2.24) is 9.88 Å². The molecule has 3 rings (SSSR count). The number of nitrogens with zero attached hydrogens (tertiary/aromatic N) is 2. The maximum absolute atomic E-state index is 5.67. The average Bonchev–Trinajstić information content (AvgIpc) is 3.45. The van der Waals surface area contributed by atoms with E-state index in [1.807, 2.05) is 12.4 Å². The zero-order valence-corrected chi connectivity index (χ0v) is 15.1. The fraction of sp³-hybridized carbons (Fsp3) is 0.400. The maximum Gasteiger partial charge on any atom is 0.173 e. The number of unbranched alkanes of at least 4 members (excludes halogenated alkanes) is 1. The molecule has 1 aromatic heterocycles. The van der Waals surface area contributed by atoms with Crippen molar-refractivity contribution >= 4 is 23.0 Å². The minimum Gasteiger partial charge on any atom is -0.342 e. The molecule has 126 valence electrons. The number of pyridine rings is 1. The Hall–Kier alpha value is -1.94. The van der Waals surface area contributed by atoms with Gasteiger partial charge in [0.1, 0.15) is 0 Å². The highest BCUT2D eigenvalue weighted by molar-refractivity contribution is 7.80. The number of nitrogens with one attached hydrogen (secondary N) is 1. The van der Waals surface area contributed by atoms with Crippen molar-refractivity contribution in [3.8, 4) is 0 Å². The lowest BCUT2D eigenvalue weighted by molar-refractivity contribution is 0.409. The number of rotatable bonds is 7. The van der Waals surface area contributed by atoms with Gasteiger partial charge in [-0.15, -0.1) is 0 Å². The van der Waals surface area contributed by atoms with Crippen molar-refractivity contribution in [2.45, 2.75) is 51.6 Å². The van der Waals surface area contributed by atoms with Crippen molar-refractivity contribution in [2.75, 3.05) is 5.32 Å². The second-order valence-corrected chi connectivity index (χ2v) is 6.83. The van der Waals surface area contributed by atoms with Crippen LogP contribution in [-0.4, -0.2) is 21.0 Å². The second-order valence-electron chi connectivity index (χ2n) is 6.45. The summed E-state index contributed by atoms with van der Waals surface area (Å²) in [6.07, 6.45) is 9.75. The number of anilines is 1. The number of hydrogen-bond acceptors (Lipinski definition) is 2. The van der Waals surface area contributed by atoms with E-state index < -0.39 is 0 Å². The molecular formula is C20H25N3S. The van der Waals surface area contributed by atoms with Crippen LogP contribution in [0.3, 0.4) is 0 Å². The van der Waals surface area contributed by atoms with Gasteiger partial charge in [0.2, 0.25) is 0 Å². The molecule has 1 aliphatic rings. The largest absolute Gasteiger partial charge is 0.342 e. The Morgan fingerprint density at radius 1 is 1.12 bits per heavy atom. The standard InChI is InChI=1S/C20H25N3S/c1-2-3-4-16-5-7-18(8-6-16)22-20(24)23(19-9-10-19)15-17-11-13-21-14-12-17/h5-8,11-14,19H,2-4,9-10,15H2,1H3,(H,22,24). The molecule has 2 aromatic rings. The molecule has 0 bridgehead atoms. The molecule has 0 aliphatic heterocycles. The van der Waals surface area contributed by atoms with Crippen LogP contribution in [0.1, 0.15) is 43.7 Å². The summed E-state index contributed by atoms with van der Waals surface area (Å²) in [7, 11) is 0. The quantitative estimate of drug-likeness (QED) is 0.735. The molecule has 1 fully saturated rings. The van der Waals surface area contributed by atoms with Crippen molar-refractivity contribution in [2.24, 2.45) is 0 Å². The minimum absolute atomic E-state index is 0.571. The molecule has 1 aliphatic carbocycles. The van der Waals surface area contributed by atoms with Crippen LogP contribution < -0.4 is 5.32 Å². The van der Waals surface area contributed by atoms with Crippen LogP contribution in [0, 0.1) is 0 Å². The zero-order chi connectivity index (χ0) is 16.8. The first-order valence-electron chi connectivity index (χ1n) is 8.81. The maximum atomic E-state index is 5.67. The van der Waals surface area contributed by atoms with Gasteiger partial charge in [0.25, 0.3) is 0 Å². The summed E-state index contributed by atoms with van der Waals surface area (Å²) in [5.41, 5.74) is 3.71. The molecule has 0 radical (unpaired) electrons. The van der Waals surface area contributed by atoms with E-state index in [0.29, 0.717) is 6.04 Å². The van der Waals surface area contributed by atoms with Crippen LogP contribution in [0.15, 0.2) is 48.8 Å². The van der Waals surface area contributed by atoms with Crippen LogP contribution in [0.2, 0.25) is 0 Å². The van der Waals surface area contributed by atoms with Gasteiger partial charge in [0.15, 0.2) is 5.11 Å². The van der Waals surface area contributed by atoms with E-state index >= 15 is 0 Å². The van der Waals surface area contributed by atoms with Gasteiger partial charge in [0.05, 0.1) is 0 Å². The molecule has 0 saturated heterocycles. The van der Waals surface area contributed by atoms with E-state index in [4.69, 9.17) is 12.2 Å². The number of thiocarbonyl (C=S) groups is 1. The summed E-state index contributed by atoms with van der Waals surface area (Å²) in [6.45, 7) is 3.07. The van der Waals surface area contributed by atoms with Crippen LogP contribution in [0.5, 0.6) is 0 Å². The van der Waals surface area contributed by atoms with E-state index in [-0.39, 0.29) is 0 Å². The molecule has 1 saturated carbocycles. The average molecular weight is 340 g/mol. The Morgan fingerprint density at radius 2 is 1.83 bits per heavy atom. The molecule has 0 spiro atoms. The molecule has 4 heteroatoms. The van der Waals surface area contributed by atoms with Crippen LogP contribution in [0.4, 0.5) is 5.69 Å². The van der Waals surface area contributed by atoms with Gasteiger partial charge in [0, 0.05) is 30.7 Å². The Balaban J connectivity index is 1.61. The summed E-state index contributed by atoms with van der Waals surface area (Å²) in [5.74, 6) is 0. The third-order valence-corrected chi connectivity index (χ3v) is 4.71. The van der Waals surface area contributed by atoms with E-state index in [2.05, 4.69) is 58.5 Å². The fourth-order valence-electron chi connectivity index (χ4n) is 2.77. The topological polar surface area (TPSA) is 28.2 Å². The monoisotopic (exact) mass is 339 g/mol. The molecule has 24 heavy (non-hydrogen) atoms. The highest BCUT2D eigenvalue weighted by Crippen LogP contribution is 2.29. The van der Waals surface area contributed by atoms with E-state index in [0.717, 1.165) is 23.8 Å². The summed E-state index contributed by atoms with van der Waals surface area (Å²) < 4.78 is 0. The number of benzene rings is 1. The second kappa shape index (κ2) is 8.25. The van der Waals surface area contributed by atoms with E-state index in [9.17, 15) is 0 Å². The molecule has 0 unspecified atom stereocenters. The van der Waals surface area contributed by atoms with Crippen molar-refractivity contribution in [1.29, 1.82) is 0 Å². The lowest BCUT2D eigenvalue weighted by Gasteiger charge is -2.26. The highest BCUT2D eigenvalue weighted by Gasteiger charge is 2.30. The van der Waals surface area contributed by atoms with E-state index in [1.165, 1.54) is 36.8 Å². The van der Waals surface area contributed by atoms with Crippen LogP contribution >= 0.6 is 12.2 Å². The van der Waals surface area contributed by atoms with Crippen molar-refractivity contribution < 1.29 is 0 Å². The van der Waals surface area contributed by atoms with Gasteiger partial charge in [-0.2, -0.15) is 0 Å². The molecule has 0 amide bonds. The van der Waals surface area contributed by atoms with Gasteiger partial charge in [-0.1, -0.05) is 25.5 Å². The summed E-state index contributed by atoms with van der Waals surface area (Å²) >= 11 is 5.67. The number of aromatic nitrogens is 1.